The van der Waals surface area contributed by atoms with E-state index in [1.165, 1.54) is 0 Å². The molecule has 2 rings (SSSR count). The lowest BCUT2D eigenvalue weighted by Crippen LogP contribution is -2.14. The molecule has 0 heterocycles. The number of carbonyl (C=O) groups excluding carboxylic acids is 1. The Balaban J connectivity index is 2.13. The van der Waals surface area contributed by atoms with Gasteiger partial charge in [0.25, 0.3) is 5.91 Å². The minimum atomic E-state index is -0.416. The Bertz CT molecular complexity index is 815. The van der Waals surface area contributed by atoms with Crippen molar-refractivity contribution in [2.24, 2.45) is 0 Å². The van der Waals surface area contributed by atoms with Crippen LogP contribution < -0.4 is 10.1 Å². The fourth-order valence-electron chi connectivity index (χ4n) is 2.34. The molecule has 0 saturated heterocycles. The molecular formula is C21H22N2O2. The Morgan fingerprint density at radius 1 is 1.20 bits per heavy atom. The Morgan fingerprint density at radius 3 is 2.52 bits per heavy atom. The van der Waals surface area contributed by atoms with Gasteiger partial charge in [0.2, 0.25) is 0 Å². The fraction of sp³-hybridized carbons (Fsp3) is 0.238. The van der Waals surface area contributed by atoms with Crippen LogP contribution >= 0.6 is 0 Å². The van der Waals surface area contributed by atoms with E-state index >= 15 is 0 Å². The number of nitrogens with zero attached hydrogens (tertiary/aromatic N) is 1. The van der Waals surface area contributed by atoms with E-state index in [2.05, 4.69) is 5.32 Å². The van der Waals surface area contributed by atoms with Gasteiger partial charge < -0.3 is 10.1 Å². The van der Waals surface area contributed by atoms with Gasteiger partial charge in [0.05, 0.1) is 6.61 Å². The summed E-state index contributed by atoms with van der Waals surface area (Å²) >= 11 is 0. The lowest BCUT2D eigenvalue weighted by molar-refractivity contribution is -0.112. The summed E-state index contributed by atoms with van der Waals surface area (Å²) in [5, 5.41) is 12.1. The van der Waals surface area contributed by atoms with Gasteiger partial charge in [-0.05, 0) is 55.7 Å². The number of hydrogen-bond acceptors (Lipinski definition) is 3. The third-order valence-corrected chi connectivity index (χ3v) is 3.66. The summed E-state index contributed by atoms with van der Waals surface area (Å²) in [6.45, 7) is 6.63. The second-order valence-corrected chi connectivity index (χ2v) is 5.86. The molecule has 0 atom stereocenters. The van der Waals surface area contributed by atoms with Crippen molar-refractivity contribution >= 4 is 17.7 Å². The molecule has 1 N–H and O–H groups in total. The van der Waals surface area contributed by atoms with Gasteiger partial charge in [0.15, 0.2) is 0 Å². The van der Waals surface area contributed by atoms with Gasteiger partial charge in [-0.3, -0.25) is 4.79 Å². The molecule has 4 heteroatoms. The van der Waals surface area contributed by atoms with Crippen molar-refractivity contribution in [1.82, 2.24) is 0 Å². The number of aryl methyl sites for hydroxylation is 2. The first-order valence-electron chi connectivity index (χ1n) is 8.26. The summed E-state index contributed by atoms with van der Waals surface area (Å²) in [7, 11) is 0. The minimum Gasteiger partial charge on any atom is -0.494 e. The molecule has 128 valence electrons. The zero-order valence-electron chi connectivity index (χ0n) is 14.8. The molecule has 0 radical (unpaired) electrons. The first kappa shape index (κ1) is 18.3. The van der Waals surface area contributed by atoms with Crippen molar-refractivity contribution < 1.29 is 9.53 Å². The normalized spacial score (nSPS) is 10.9. The highest BCUT2D eigenvalue weighted by Crippen LogP contribution is 2.18. The van der Waals surface area contributed by atoms with Gasteiger partial charge in [-0.2, -0.15) is 5.26 Å². The number of ether oxygens (including phenoxy) is 1. The van der Waals surface area contributed by atoms with Crippen molar-refractivity contribution in [3.8, 4) is 11.8 Å². The van der Waals surface area contributed by atoms with Crippen LogP contribution in [-0.4, -0.2) is 12.5 Å². The molecule has 0 spiro atoms. The van der Waals surface area contributed by atoms with E-state index in [-0.39, 0.29) is 5.57 Å². The number of hydrogen-bond donors (Lipinski definition) is 1. The van der Waals surface area contributed by atoms with Gasteiger partial charge in [0, 0.05) is 5.69 Å². The summed E-state index contributed by atoms with van der Waals surface area (Å²) in [5.74, 6) is 0.359. The molecule has 0 aliphatic heterocycles. The Labute approximate surface area is 148 Å². The lowest BCUT2D eigenvalue weighted by Gasteiger charge is -2.08. The van der Waals surface area contributed by atoms with Crippen LogP contribution in [-0.2, 0) is 4.79 Å². The second kappa shape index (κ2) is 8.70. The molecule has 0 saturated carbocycles. The highest BCUT2D eigenvalue weighted by molar-refractivity contribution is 6.09. The predicted molar refractivity (Wildman–Crippen MR) is 100 cm³/mol. The lowest BCUT2D eigenvalue weighted by atomic mass is 10.1. The zero-order chi connectivity index (χ0) is 18.2. The Morgan fingerprint density at radius 2 is 1.92 bits per heavy atom. The molecule has 0 fully saturated rings. The van der Waals surface area contributed by atoms with Crippen LogP contribution in [0.3, 0.4) is 0 Å². The maximum atomic E-state index is 12.4. The van der Waals surface area contributed by atoms with Gasteiger partial charge in [0.1, 0.15) is 17.4 Å². The monoisotopic (exact) mass is 334 g/mol. The van der Waals surface area contributed by atoms with E-state index in [0.717, 1.165) is 28.9 Å². The molecule has 0 bridgehead atoms. The number of amides is 1. The number of rotatable bonds is 6. The van der Waals surface area contributed by atoms with Crippen molar-refractivity contribution in [2.75, 3.05) is 11.9 Å². The Hall–Kier alpha value is -3.06. The number of nitrogens with one attached hydrogen (secondary N) is 1. The summed E-state index contributed by atoms with van der Waals surface area (Å²) in [4.78, 5) is 12.4. The van der Waals surface area contributed by atoms with Crippen LogP contribution in [0.15, 0.2) is 48.0 Å². The van der Waals surface area contributed by atoms with Gasteiger partial charge in [-0.25, -0.2) is 0 Å². The van der Waals surface area contributed by atoms with Crippen LogP contribution in [0.5, 0.6) is 5.75 Å². The van der Waals surface area contributed by atoms with E-state index in [1.807, 2.05) is 69.3 Å². The predicted octanol–water partition coefficient (Wildman–Crippen LogP) is 4.64. The van der Waals surface area contributed by atoms with E-state index in [4.69, 9.17) is 4.74 Å². The van der Waals surface area contributed by atoms with Crippen LogP contribution in [0, 0.1) is 25.2 Å². The van der Waals surface area contributed by atoms with Crippen LogP contribution in [0.2, 0.25) is 0 Å². The average Bonchev–Trinajstić information content (AvgIpc) is 2.61. The quantitative estimate of drug-likeness (QED) is 0.618. The average molecular weight is 334 g/mol. The van der Waals surface area contributed by atoms with E-state index in [1.54, 1.807) is 6.08 Å². The van der Waals surface area contributed by atoms with Gasteiger partial charge >= 0.3 is 0 Å². The van der Waals surface area contributed by atoms with E-state index in [0.29, 0.717) is 12.3 Å². The molecule has 0 aliphatic rings. The third-order valence-electron chi connectivity index (χ3n) is 3.66. The fourth-order valence-corrected chi connectivity index (χ4v) is 2.34. The third kappa shape index (κ3) is 5.22. The first-order chi connectivity index (χ1) is 12.0. The molecule has 25 heavy (non-hydrogen) atoms. The molecule has 0 aliphatic carbocycles. The highest BCUT2D eigenvalue weighted by atomic mass is 16.5. The largest absolute Gasteiger partial charge is 0.494 e. The summed E-state index contributed by atoms with van der Waals surface area (Å²) in [6.07, 6.45) is 2.52. The van der Waals surface area contributed by atoms with Crippen LogP contribution in [0.1, 0.15) is 30.0 Å². The van der Waals surface area contributed by atoms with Gasteiger partial charge in [-0.15, -0.1) is 0 Å². The summed E-state index contributed by atoms with van der Waals surface area (Å²) in [6, 6.07) is 15.0. The molecule has 0 unspecified atom stereocenters. The molecule has 1 amide bonds. The van der Waals surface area contributed by atoms with Crippen molar-refractivity contribution in [3.05, 3.63) is 64.7 Å². The minimum absolute atomic E-state index is 0.0576. The van der Waals surface area contributed by atoms with Gasteiger partial charge in [-0.1, -0.05) is 36.8 Å². The van der Waals surface area contributed by atoms with E-state index < -0.39 is 5.91 Å². The number of nitriles is 1. The summed E-state index contributed by atoms with van der Waals surface area (Å²) < 4.78 is 5.53. The Kier molecular flexibility index (Phi) is 6.36. The zero-order valence-corrected chi connectivity index (χ0v) is 14.8. The maximum Gasteiger partial charge on any atom is 0.266 e. The highest BCUT2D eigenvalue weighted by Gasteiger charge is 2.11. The van der Waals surface area contributed by atoms with Crippen molar-refractivity contribution in [1.29, 1.82) is 5.26 Å². The molecule has 2 aromatic rings. The van der Waals surface area contributed by atoms with E-state index in [9.17, 15) is 10.1 Å². The standard InChI is InChI=1S/C21H22N2O2/c1-4-11-25-19-8-6-17(7-9-19)13-18(14-22)21(24)23-20-10-5-15(2)12-16(20)3/h5-10,12-13H,4,11H2,1-3H3,(H,23,24)/b18-13+. The number of benzene rings is 2. The van der Waals surface area contributed by atoms with Crippen LogP contribution in [0.25, 0.3) is 6.08 Å². The number of anilines is 1. The molecule has 2 aromatic carbocycles. The van der Waals surface area contributed by atoms with Crippen molar-refractivity contribution in [2.45, 2.75) is 27.2 Å². The summed E-state index contributed by atoms with van der Waals surface area (Å²) in [5.41, 5.74) is 3.62. The smallest absolute Gasteiger partial charge is 0.266 e. The number of carbonyl (C=O) groups is 1. The molecular weight excluding hydrogens is 312 g/mol. The maximum absolute atomic E-state index is 12.4. The first-order valence-corrected chi connectivity index (χ1v) is 8.26. The topological polar surface area (TPSA) is 62.1 Å². The van der Waals surface area contributed by atoms with Crippen molar-refractivity contribution in [3.63, 3.8) is 0 Å². The van der Waals surface area contributed by atoms with Crippen LogP contribution in [0.4, 0.5) is 5.69 Å². The second-order valence-electron chi connectivity index (χ2n) is 5.86. The SMILES string of the molecule is CCCOc1ccc(/C=C(\C#N)C(=O)Nc2ccc(C)cc2C)cc1. The molecule has 4 nitrogen and oxygen atoms in total. The molecule has 0 aromatic heterocycles.